The largest absolute Gasteiger partial charge is 0.480 e. The molecule has 0 aliphatic heterocycles. The molecule has 1 heterocycles. The average Bonchev–Trinajstić information content (AvgIpc) is 2.77. The lowest BCUT2D eigenvalue weighted by atomic mass is 10.3. The quantitative estimate of drug-likeness (QED) is 0.835. The van der Waals surface area contributed by atoms with Crippen molar-refractivity contribution in [3.63, 3.8) is 0 Å². The molecule has 1 aromatic carbocycles. The van der Waals surface area contributed by atoms with E-state index < -0.39 is 5.97 Å². The van der Waals surface area contributed by atoms with Crippen molar-refractivity contribution >= 4 is 34.7 Å². The molecule has 0 spiro atoms. The maximum absolute atomic E-state index is 11.6. The van der Waals surface area contributed by atoms with Crippen molar-refractivity contribution < 1.29 is 19.1 Å². The van der Waals surface area contributed by atoms with Crippen LogP contribution in [0.1, 0.15) is 0 Å². The Hall–Kier alpha value is -2.02. The molecular formula is C12H12N2O4S. The second kappa shape index (κ2) is 5.75. The molecule has 2 aromatic rings. The minimum Gasteiger partial charge on any atom is -0.480 e. The Morgan fingerprint density at radius 2 is 2.16 bits per heavy atom. The molecule has 0 fully saturated rings. The summed E-state index contributed by atoms with van der Waals surface area (Å²) in [5, 5.41) is 8.98. The van der Waals surface area contributed by atoms with Gasteiger partial charge in [-0.3, -0.25) is 9.59 Å². The molecule has 1 amide bonds. The first-order valence-electron chi connectivity index (χ1n) is 5.50. The van der Waals surface area contributed by atoms with Crippen LogP contribution in [0.2, 0.25) is 0 Å². The van der Waals surface area contributed by atoms with Crippen LogP contribution in [0, 0.1) is 0 Å². The van der Waals surface area contributed by atoms with E-state index in [4.69, 9.17) is 9.52 Å². The Kier molecular flexibility index (Phi) is 4.06. The first-order valence-corrected chi connectivity index (χ1v) is 6.49. The monoisotopic (exact) mass is 280 g/mol. The van der Waals surface area contributed by atoms with Crippen molar-refractivity contribution in [2.75, 3.05) is 19.3 Å². The summed E-state index contributed by atoms with van der Waals surface area (Å²) >= 11 is 1.15. The molecule has 0 aliphatic rings. The van der Waals surface area contributed by atoms with Gasteiger partial charge in [0.2, 0.25) is 5.91 Å². The summed E-state index contributed by atoms with van der Waals surface area (Å²) in [6, 6.07) is 7.31. The summed E-state index contributed by atoms with van der Waals surface area (Å²) < 4.78 is 5.44. The Bertz CT molecular complexity index is 578. The highest BCUT2D eigenvalue weighted by molar-refractivity contribution is 7.99. The maximum atomic E-state index is 11.6. The summed E-state index contributed by atoms with van der Waals surface area (Å²) in [5.41, 5.74) is 1.40. The van der Waals surface area contributed by atoms with Crippen molar-refractivity contribution in [3.8, 4) is 0 Å². The highest BCUT2D eigenvalue weighted by Gasteiger charge is 2.14. The van der Waals surface area contributed by atoms with Gasteiger partial charge < -0.3 is 14.4 Å². The highest BCUT2D eigenvalue weighted by Crippen LogP contribution is 2.23. The molecule has 0 saturated heterocycles. The number of carbonyl (C=O) groups is 2. The first-order chi connectivity index (χ1) is 9.06. The molecular weight excluding hydrogens is 268 g/mol. The molecule has 0 saturated carbocycles. The zero-order valence-corrected chi connectivity index (χ0v) is 11.0. The van der Waals surface area contributed by atoms with Crippen LogP contribution >= 0.6 is 11.8 Å². The predicted octanol–water partition coefficient (Wildman–Crippen LogP) is 1.46. The van der Waals surface area contributed by atoms with Crippen molar-refractivity contribution in [2.45, 2.75) is 5.22 Å². The number of hydrogen-bond donors (Lipinski definition) is 1. The Labute approximate surface area is 113 Å². The number of carboxylic acid groups (broad SMARTS) is 1. The van der Waals surface area contributed by atoms with E-state index in [0.717, 1.165) is 22.2 Å². The van der Waals surface area contributed by atoms with Gasteiger partial charge in [0.25, 0.3) is 5.22 Å². The van der Waals surface area contributed by atoms with Crippen LogP contribution in [-0.2, 0) is 9.59 Å². The second-order valence-electron chi connectivity index (χ2n) is 3.88. The lowest BCUT2D eigenvalue weighted by Gasteiger charge is -2.13. The van der Waals surface area contributed by atoms with Crippen LogP contribution in [0.4, 0.5) is 0 Å². The number of para-hydroxylation sites is 2. The van der Waals surface area contributed by atoms with Crippen LogP contribution in [0.5, 0.6) is 0 Å². The highest BCUT2D eigenvalue weighted by atomic mass is 32.2. The predicted molar refractivity (Wildman–Crippen MR) is 70.0 cm³/mol. The summed E-state index contributed by atoms with van der Waals surface area (Å²) in [6.07, 6.45) is 0. The second-order valence-corrected chi connectivity index (χ2v) is 4.81. The minimum atomic E-state index is -1.04. The fraction of sp³-hybridized carbons (Fsp3) is 0.250. The third-order valence-electron chi connectivity index (χ3n) is 2.39. The molecule has 0 bridgehead atoms. The van der Waals surface area contributed by atoms with Gasteiger partial charge in [0.05, 0.1) is 5.75 Å². The van der Waals surface area contributed by atoms with E-state index in [1.54, 1.807) is 6.07 Å². The topological polar surface area (TPSA) is 83.6 Å². The third kappa shape index (κ3) is 3.47. The van der Waals surface area contributed by atoms with Gasteiger partial charge in [0.1, 0.15) is 12.1 Å². The van der Waals surface area contributed by atoms with E-state index in [1.807, 2.05) is 18.2 Å². The zero-order chi connectivity index (χ0) is 13.8. The number of carbonyl (C=O) groups excluding carboxylic acids is 1. The van der Waals surface area contributed by atoms with Crippen LogP contribution < -0.4 is 0 Å². The van der Waals surface area contributed by atoms with Gasteiger partial charge in [-0.2, -0.15) is 0 Å². The van der Waals surface area contributed by atoms with E-state index >= 15 is 0 Å². The van der Waals surface area contributed by atoms with Gasteiger partial charge in [-0.1, -0.05) is 23.9 Å². The van der Waals surface area contributed by atoms with Gasteiger partial charge in [-0.25, -0.2) is 4.98 Å². The number of aliphatic carboxylic acids is 1. The number of carboxylic acids is 1. The van der Waals surface area contributed by atoms with Gasteiger partial charge in [0.15, 0.2) is 5.58 Å². The third-order valence-corrected chi connectivity index (χ3v) is 3.20. The Morgan fingerprint density at radius 1 is 1.42 bits per heavy atom. The van der Waals surface area contributed by atoms with Crippen molar-refractivity contribution in [1.29, 1.82) is 0 Å². The maximum Gasteiger partial charge on any atom is 0.323 e. The molecule has 0 aliphatic carbocycles. The van der Waals surface area contributed by atoms with Crippen LogP contribution in [0.3, 0.4) is 0 Å². The fourth-order valence-electron chi connectivity index (χ4n) is 1.44. The molecule has 19 heavy (non-hydrogen) atoms. The van der Waals surface area contributed by atoms with Gasteiger partial charge >= 0.3 is 5.97 Å². The smallest absolute Gasteiger partial charge is 0.323 e. The van der Waals surface area contributed by atoms with Crippen LogP contribution in [0.25, 0.3) is 11.1 Å². The molecule has 100 valence electrons. The van der Waals surface area contributed by atoms with Crippen molar-refractivity contribution in [2.24, 2.45) is 0 Å². The van der Waals surface area contributed by atoms with E-state index in [1.165, 1.54) is 7.05 Å². The number of rotatable bonds is 5. The van der Waals surface area contributed by atoms with Crippen molar-refractivity contribution in [3.05, 3.63) is 24.3 Å². The standard InChI is InChI=1S/C12H12N2O4S/c1-14(6-11(16)17)10(15)7-19-12-13-8-4-2-3-5-9(8)18-12/h2-5H,6-7H2,1H3,(H,16,17). The Balaban J connectivity index is 1.94. The number of thioether (sulfide) groups is 1. The lowest BCUT2D eigenvalue weighted by molar-refractivity contribution is -0.142. The molecule has 7 heteroatoms. The molecule has 1 aromatic heterocycles. The zero-order valence-electron chi connectivity index (χ0n) is 10.2. The summed E-state index contributed by atoms with van der Waals surface area (Å²) in [7, 11) is 1.45. The number of oxazole rings is 1. The summed E-state index contributed by atoms with van der Waals surface area (Å²) in [4.78, 5) is 27.5. The molecule has 2 rings (SSSR count). The van der Waals surface area contributed by atoms with Crippen LogP contribution in [0.15, 0.2) is 33.9 Å². The molecule has 1 N–H and O–H groups in total. The number of nitrogens with zero attached hydrogens (tertiary/aromatic N) is 2. The number of hydrogen-bond acceptors (Lipinski definition) is 5. The fourth-order valence-corrected chi connectivity index (χ4v) is 2.22. The average molecular weight is 280 g/mol. The number of fused-ring (bicyclic) bond motifs is 1. The van der Waals surface area contributed by atoms with Crippen molar-refractivity contribution in [1.82, 2.24) is 9.88 Å². The van der Waals surface area contributed by atoms with E-state index in [2.05, 4.69) is 4.98 Å². The molecule has 6 nitrogen and oxygen atoms in total. The van der Waals surface area contributed by atoms with Crippen LogP contribution in [-0.4, -0.2) is 46.2 Å². The summed E-state index contributed by atoms with van der Waals surface area (Å²) in [6.45, 7) is -0.313. The Morgan fingerprint density at radius 3 is 2.84 bits per heavy atom. The van der Waals surface area contributed by atoms with E-state index in [0.29, 0.717) is 10.8 Å². The number of amides is 1. The number of benzene rings is 1. The van der Waals surface area contributed by atoms with Gasteiger partial charge in [-0.05, 0) is 12.1 Å². The minimum absolute atomic E-state index is 0.0939. The number of likely N-dealkylation sites (N-methyl/N-ethyl adjacent to an activating group) is 1. The van der Waals surface area contributed by atoms with Gasteiger partial charge in [0, 0.05) is 7.05 Å². The summed E-state index contributed by atoms with van der Waals surface area (Å²) in [5.74, 6) is -1.23. The number of aromatic nitrogens is 1. The molecule has 0 unspecified atom stereocenters. The molecule has 0 radical (unpaired) electrons. The van der Waals surface area contributed by atoms with E-state index in [-0.39, 0.29) is 18.2 Å². The van der Waals surface area contributed by atoms with Gasteiger partial charge in [-0.15, -0.1) is 0 Å². The van der Waals surface area contributed by atoms with E-state index in [9.17, 15) is 9.59 Å². The molecule has 0 atom stereocenters. The first kappa shape index (κ1) is 13.4. The normalized spacial score (nSPS) is 10.6. The lowest BCUT2D eigenvalue weighted by Crippen LogP contribution is -2.33. The SMILES string of the molecule is CN(CC(=O)O)C(=O)CSc1nc2ccccc2o1.